The number of fused-ring (bicyclic) bond motifs is 1. The number of carbonyl (C=O) groups excluding carboxylic acids is 1. The minimum Gasteiger partial charge on any atom is -0.512 e. The van der Waals surface area contributed by atoms with E-state index < -0.39 is 0 Å². The fourth-order valence-corrected chi connectivity index (χ4v) is 9.13. The third-order valence-electron chi connectivity index (χ3n) is 10.9. The summed E-state index contributed by atoms with van der Waals surface area (Å²) < 4.78 is 0. The molecule has 0 aliphatic heterocycles. The van der Waals surface area contributed by atoms with Crippen molar-refractivity contribution in [3.8, 4) is 11.3 Å². The van der Waals surface area contributed by atoms with Gasteiger partial charge in [0.05, 0.1) is 5.76 Å². The molecule has 4 bridgehead atoms. The summed E-state index contributed by atoms with van der Waals surface area (Å²) in [6.07, 6.45) is 15.6. The SMILES string of the molecule is CCC(CC)C(=O)/C=C(\O)C(CC)CC.Cc1[c-]c(-c2nccc3c(C45CC6CC(CC(C6)C4)C5)cccc23)cc(C)c1.[Ir]. The zero-order valence-electron chi connectivity index (χ0n) is 27.7. The number of benzene rings is 2. The molecule has 0 spiro atoms. The number of allylic oxidation sites excluding steroid dienone is 2. The van der Waals surface area contributed by atoms with Crippen LogP contribution in [-0.4, -0.2) is 15.9 Å². The van der Waals surface area contributed by atoms with Crippen LogP contribution in [0.3, 0.4) is 0 Å². The van der Waals surface area contributed by atoms with Gasteiger partial charge in [-0.1, -0.05) is 59.7 Å². The summed E-state index contributed by atoms with van der Waals surface area (Å²) in [6.45, 7) is 12.4. The summed E-state index contributed by atoms with van der Waals surface area (Å²) in [5.74, 6) is 3.45. The Kier molecular flexibility index (Phi) is 11.7. The molecular weight excluding hydrogens is 719 g/mol. The molecule has 0 saturated heterocycles. The third-order valence-corrected chi connectivity index (χ3v) is 10.9. The van der Waals surface area contributed by atoms with E-state index in [0.29, 0.717) is 5.41 Å². The number of aromatic nitrogens is 1. The first-order chi connectivity index (χ1) is 20.7. The van der Waals surface area contributed by atoms with Crippen LogP contribution in [0.5, 0.6) is 0 Å². The summed E-state index contributed by atoms with van der Waals surface area (Å²) in [5, 5.41) is 12.5. The van der Waals surface area contributed by atoms with Gasteiger partial charge in [0.25, 0.3) is 0 Å². The first kappa shape index (κ1) is 34.6. The van der Waals surface area contributed by atoms with Crippen LogP contribution in [0.25, 0.3) is 22.0 Å². The molecule has 4 aliphatic rings. The van der Waals surface area contributed by atoms with Gasteiger partial charge in [-0.2, -0.15) is 0 Å². The second kappa shape index (κ2) is 14.9. The Morgan fingerprint density at radius 3 is 2.05 bits per heavy atom. The van der Waals surface area contributed by atoms with E-state index in [1.807, 2.05) is 33.9 Å². The molecule has 1 heterocycles. The maximum absolute atomic E-state index is 11.7. The Balaban J connectivity index is 0.000000239. The maximum Gasteiger partial charge on any atom is 0.162 e. The summed E-state index contributed by atoms with van der Waals surface area (Å²) >= 11 is 0. The second-order valence-corrected chi connectivity index (χ2v) is 14.0. The van der Waals surface area contributed by atoms with Crippen LogP contribution in [0.1, 0.15) is 109 Å². The van der Waals surface area contributed by atoms with Gasteiger partial charge in [0.2, 0.25) is 0 Å². The van der Waals surface area contributed by atoms with Gasteiger partial charge >= 0.3 is 0 Å². The van der Waals surface area contributed by atoms with Crippen LogP contribution in [0.4, 0.5) is 0 Å². The number of aliphatic hydroxyl groups excluding tert-OH is 1. The molecule has 1 N–H and O–H groups in total. The van der Waals surface area contributed by atoms with Crippen molar-refractivity contribution in [2.75, 3.05) is 0 Å². The minimum atomic E-state index is 0. The van der Waals surface area contributed by atoms with Crippen molar-refractivity contribution in [1.29, 1.82) is 0 Å². The fraction of sp³-hybridized carbons (Fsp3) is 0.550. The molecule has 0 atom stereocenters. The van der Waals surface area contributed by atoms with Crippen molar-refractivity contribution in [2.45, 2.75) is 111 Å². The third kappa shape index (κ3) is 7.23. The van der Waals surface area contributed by atoms with E-state index in [1.54, 1.807) is 5.56 Å². The Morgan fingerprint density at radius 2 is 1.50 bits per heavy atom. The van der Waals surface area contributed by atoms with Crippen LogP contribution in [0.2, 0.25) is 0 Å². The van der Waals surface area contributed by atoms with Crippen molar-refractivity contribution in [2.24, 2.45) is 29.6 Å². The average Bonchev–Trinajstić information content (AvgIpc) is 2.97. The minimum absolute atomic E-state index is 0. The van der Waals surface area contributed by atoms with Crippen molar-refractivity contribution in [1.82, 2.24) is 4.98 Å². The van der Waals surface area contributed by atoms with Crippen molar-refractivity contribution in [3.63, 3.8) is 0 Å². The number of hydrogen-bond acceptors (Lipinski definition) is 3. The molecule has 0 amide bonds. The standard InChI is InChI=1S/C27H28N.C13H24O2.Ir/c1-17-8-18(2)10-22(9-17)26-24-4-3-5-25(23(24)6-7-28-26)27-14-19-11-20(15-27)13-21(12-19)16-27;1-5-10(6-2)12(14)9-13(15)11(7-3)8-4;/h3-9,19-21H,11-16H2,1-2H3;9-11,14H,5-8H2,1-4H3;/q-1;;/b;12-9-;. The molecule has 4 heteroatoms. The van der Waals surface area contributed by atoms with Crippen LogP contribution in [-0.2, 0) is 30.3 Å². The Hall–Kier alpha value is -2.29. The monoisotopic (exact) mass is 771 g/mol. The first-order valence-corrected chi connectivity index (χ1v) is 17.0. The van der Waals surface area contributed by atoms with Gasteiger partial charge < -0.3 is 10.1 Å². The number of ketones is 1. The van der Waals surface area contributed by atoms with E-state index in [1.165, 1.54) is 66.5 Å². The molecule has 1 aromatic heterocycles. The number of carbonyl (C=O) groups is 1. The summed E-state index contributed by atoms with van der Waals surface area (Å²) in [7, 11) is 0. The molecule has 4 saturated carbocycles. The number of aryl methyl sites for hydroxylation is 2. The van der Waals surface area contributed by atoms with Gasteiger partial charge in [0, 0.05) is 44.2 Å². The van der Waals surface area contributed by atoms with Gasteiger partial charge in [0.15, 0.2) is 5.78 Å². The van der Waals surface area contributed by atoms with E-state index in [9.17, 15) is 9.90 Å². The Morgan fingerprint density at radius 1 is 0.909 bits per heavy atom. The van der Waals surface area contributed by atoms with Crippen LogP contribution in [0.15, 0.2) is 54.4 Å². The van der Waals surface area contributed by atoms with E-state index >= 15 is 0 Å². The normalized spacial score (nSPS) is 23.9. The van der Waals surface area contributed by atoms with E-state index in [2.05, 4.69) is 56.3 Å². The Labute approximate surface area is 279 Å². The predicted octanol–water partition coefficient (Wildman–Crippen LogP) is 10.7. The van der Waals surface area contributed by atoms with Crippen LogP contribution >= 0.6 is 0 Å². The number of rotatable bonds is 9. The van der Waals surface area contributed by atoms with E-state index in [0.717, 1.165) is 54.7 Å². The molecule has 239 valence electrons. The molecule has 7 rings (SSSR count). The number of hydrogen-bond donors (Lipinski definition) is 1. The summed E-state index contributed by atoms with van der Waals surface area (Å²) in [6, 6.07) is 17.2. The molecular formula is C40H52IrNO2-. The molecule has 0 unspecified atom stereocenters. The van der Waals surface area contributed by atoms with Crippen LogP contribution in [0, 0.1) is 49.5 Å². The van der Waals surface area contributed by atoms with Gasteiger partial charge in [-0.3, -0.25) is 4.79 Å². The van der Waals surface area contributed by atoms with Gasteiger partial charge in [0.1, 0.15) is 0 Å². The molecule has 3 aromatic rings. The molecule has 44 heavy (non-hydrogen) atoms. The molecule has 4 aliphatic carbocycles. The zero-order chi connectivity index (χ0) is 30.7. The number of nitrogens with zero attached hydrogens (tertiary/aromatic N) is 1. The smallest absolute Gasteiger partial charge is 0.162 e. The largest absolute Gasteiger partial charge is 0.512 e. The van der Waals surface area contributed by atoms with Crippen molar-refractivity contribution in [3.05, 3.63) is 77.2 Å². The predicted molar refractivity (Wildman–Crippen MR) is 179 cm³/mol. The zero-order valence-corrected chi connectivity index (χ0v) is 30.1. The Bertz CT molecular complexity index is 1410. The average molecular weight is 771 g/mol. The van der Waals surface area contributed by atoms with Crippen molar-refractivity contribution >= 4 is 16.6 Å². The number of aliphatic hydroxyl groups is 1. The molecule has 2 aromatic carbocycles. The second-order valence-electron chi connectivity index (χ2n) is 14.0. The van der Waals surface area contributed by atoms with E-state index in [-0.39, 0.29) is 43.5 Å². The van der Waals surface area contributed by atoms with Gasteiger partial charge in [-0.25, -0.2) is 0 Å². The van der Waals surface area contributed by atoms with Gasteiger partial charge in [-0.15, -0.1) is 34.9 Å². The summed E-state index contributed by atoms with van der Waals surface area (Å²) in [5.41, 5.74) is 6.71. The van der Waals surface area contributed by atoms with Gasteiger partial charge in [-0.05, 0) is 115 Å². The summed E-state index contributed by atoms with van der Waals surface area (Å²) in [4.78, 5) is 16.5. The molecule has 1 radical (unpaired) electrons. The molecule has 3 nitrogen and oxygen atoms in total. The number of pyridine rings is 1. The molecule has 4 fully saturated rings. The fourth-order valence-electron chi connectivity index (χ4n) is 9.13. The quantitative estimate of drug-likeness (QED) is 0.134. The maximum atomic E-state index is 11.7. The van der Waals surface area contributed by atoms with E-state index in [4.69, 9.17) is 4.98 Å². The van der Waals surface area contributed by atoms with Crippen molar-refractivity contribution < 1.29 is 30.0 Å². The topological polar surface area (TPSA) is 50.2 Å². The first-order valence-electron chi connectivity index (χ1n) is 17.0. The van der Waals surface area contributed by atoms with Crippen LogP contribution < -0.4 is 0 Å².